The van der Waals surface area contributed by atoms with Gasteiger partial charge in [-0.05, 0) is 64.3 Å². The van der Waals surface area contributed by atoms with Crippen LogP contribution >= 0.6 is 11.3 Å². The Morgan fingerprint density at radius 1 is 1.33 bits per heavy atom. The van der Waals surface area contributed by atoms with Crippen LogP contribution in [-0.4, -0.2) is 36.1 Å². The van der Waals surface area contributed by atoms with Gasteiger partial charge in [-0.25, -0.2) is 0 Å². The van der Waals surface area contributed by atoms with Gasteiger partial charge in [-0.15, -0.1) is 11.3 Å². The lowest BCUT2D eigenvalue weighted by atomic mass is 9.83. The maximum Gasteiger partial charge on any atom is 0.314 e. The van der Waals surface area contributed by atoms with Crippen molar-refractivity contribution in [1.29, 1.82) is 0 Å². The molecule has 0 aliphatic heterocycles. The number of esters is 1. The largest absolute Gasteiger partial charge is 0.464 e. The second kappa shape index (κ2) is 9.38. The summed E-state index contributed by atoms with van der Waals surface area (Å²) in [4.78, 5) is 16.3. The van der Waals surface area contributed by atoms with Crippen molar-refractivity contribution in [3.05, 3.63) is 34.5 Å². The summed E-state index contributed by atoms with van der Waals surface area (Å²) in [6.07, 6.45) is 7.77. The summed E-state index contributed by atoms with van der Waals surface area (Å²) in [6.45, 7) is 9.99. The van der Waals surface area contributed by atoms with Crippen LogP contribution in [0.25, 0.3) is 0 Å². The molecule has 0 unspecified atom stereocenters. The first-order chi connectivity index (χ1) is 11.5. The number of carbonyl (C=O) groups excluding carboxylic acids is 1. The second-order valence-corrected chi connectivity index (χ2v) is 8.09. The minimum atomic E-state index is -0.145. The van der Waals surface area contributed by atoms with Crippen LogP contribution in [0.3, 0.4) is 0 Å². The van der Waals surface area contributed by atoms with E-state index >= 15 is 0 Å². The van der Waals surface area contributed by atoms with E-state index in [9.17, 15) is 4.79 Å². The van der Waals surface area contributed by atoms with Crippen LogP contribution < -0.4 is 0 Å². The first-order valence-electron chi connectivity index (χ1n) is 9.13. The molecular formula is C20H31NO2S. The SMILES string of the molecule is CC(C)N(CCOC(=O)[C@@H](c1cccs1)[C@H]1C=CCCC1)C(C)C. The molecule has 2 rings (SSSR count). The molecule has 24 heavy (non-hydrogen) atoms. The molecule has 0 bridgehead atoms. The average Bonchev–Trinajstić information content (AvgIpc) is 3.06. The Kier molecular flexibility index (Phi) is 7.50. The fourth-order valence-electron chi connectivity index (χ4n) is 3.54. The predicted molar refractivity (Wildman–Crippen MR) is 101 cm³/mol. The highest BCUT2D eigenvalue weighted by molar-refractivity contribution is 7.10. The lowest BCUT2D eigenvalue weighted by Crippen LogP contribution is -2.40. The van der Waals surface area contributed by atoms with E-state index in [1.165, 1.54) is 0 Å². The van der Waals surface area contributed by atoms with Crippen molar-refractivity contribution in [2.45, 2.75) is 65.0 Å². The second-order valence-electron chi connectivity index (χ2n) is 7.11. The maximum atomic E-state index is 12.8. The van der Waals surface area contributed by atoms with Crippen LogP contribution in [0.15, 0.2) is 29.7 Å². The molecule has 2 atom stereocenters. The molecule has 0 N–H and O–H groups in total. The van der Waals surface area contributed by atoms with Crippen molar-refractivity contribution in [2.24, 2.45) is 5.92 Å². The van der Waals surface area contributed by atoms with E-state index in [1.807, 2.05) is 11.4 Å². The zero-order chi connectivity index (χ0) is 17.5. The Hall–Kier alpha value is -1.13. The van der Waals surface area contributed by atoms with Gasteiger partial charge in [-0.3, -0.25) is 9.69 Å². The predicted octanol–water partition coefficient (Wildman–Crippen LogP) is 4.85. The molecule has 0 aromatic carbocycles. The van der Waals surface area contributed by atoms with Crippen LogP contribution in [0.2, 0.25) is 0 Å². The van der Waals surface area contributed by atoms with Crippen LogP contribution in [-0.2, 0) is 9.53 Å². The van der Waals surface area contributed by atoms with Gasteiger partial charge in [0.2, 0.25) is 0 Å². The summed E-state index contributed by atoms with van der Waals surface area (Å²) in [6, 6.07) is 5.00. The normalized spacial score (nSPS) is 19.2. The fourth-order valence-corrected chi connectivity index (χ4v) is 4.43. The Morgan fingerprint density at radius 2 is 2.08 bits per heavy atom. The molecule has 134 valence electrons. The third-order valence-electron chi connectivity index (χ3n) is 4.74. The summed E-state index contributed by atoms with van der Waals surface area (Å²) in [5.74, 6) is 0.0609. The molecule has 3 nitrogen and oxygen atoms in total. The first kappa shape index (κ1) is 19.2. The number of carbonyl (C=O) groups is 1. The molecule has 1 aromatic rings. The van der Waals surface area contributed by atoms with Crippen molar-refractivity contribution in [3.8, 4) is 0 Å². The van der Waals surface area contributed by atoms with Gasteiger partial charge < -0.3 is 4.74 Å². The van der Waals surface area contributed by atoms with Gasteiger partial charge in [-0.2, -0.15) is 0 Å². The highest BCUT2D eigenvalue weighted by Gasteiger charge is 2.31. The Bertz CT molecular complexity index is 514. The lowest BCUT2D eigenvalue weighted by Gasteiger charge is -2.30. The maximum absolute atomic E-state index is 12.8. The summed E-state index contributed by atoms with van der Waals surface area (Å²) in [5, 5.41) is 2.04. The topological polar surface area (TPSA) is 29.5 Å². The summed E-state index contributed by atoms with van der Waals surface area (Å²) >= 11 is 1.66. The molecule has 0 saturated carbocycles. The molecular weight excluding hydrogens is 318 g/mol. The number of thiophene rings is 1. The van der Waals surface area contributed by atoms with E-state index in [0.29, 0.717) is 18.7 Å². The van der Waals surface area contributed by atoms with E-state index in [2.05, 4.69) is 50.8 Å². The zero-order valence-corrected chi connectivity index (χ0v) is 16.2. The van der Waals surface area contributed by atoms with Gasteiger partial charge in [0, 0.05) is 23.5 Å². The van der Waals surface area contributed by atoms with Gasteiger partial charge in [0.25, 0.3) is 0 Å². The standard InChI is InChI=1S/C20H31NO2S/c1-15(2)21(16(3)4)12-13-23-20(22)19(18-11-8-14-24-18)17-9-6-5-7-10-17/h6,8-9,11,14-17,19H,5,7,10,12-13H2,1-4H3/t17-,19+/m0/s1. The van der Waals surface area contributed by atoms with Gasteiger partial charge in [-0.1, -0.05) is 18.2 Å². The number of hydrogen-bond acceptors (Lipinski definition) is 4. The number of hydrogen-bond donors (Lipinski definition) is 0. The third-order valence-corrected chi connectivity index (χ3v) is 5.70. The number of nitrogens with zero attached hydrogens (tertiary/aromatic N) is 1. The number of ether oxygens (including phenoxy) is 1. The highest BCUT2D eigenvalue weighted by Crippen LogP contribution is 2.35. The molecule has 1 aliphatic rings. The van der Waals surface area contributed by atoms with Crippen LogP contribution in [0.1, 0.15) is 57.8 Å². The van der Waals surface area contributed by atoms with Crippen LogP contribution in [0.4, 0.5) is 0 Å². The van der Waals surface area contributed by atoms with E-state index in [0.717, 1.165) is 30.7 Å². The minimum Gasteiger partial charge on any atom is -0.464 e. The van der Waals surface area contributed by atoms with Crippen molar-refractivity contribution in [3.63, 3.8) is 0 Å². The molecule has 1 heterocycles. The third kappa shape index (κ3) is 5.18. The first-order valence-corrected chi connectivity index (χ1v) is 10.0. The Morgan fingerprint density at radius 3 is 2.62 bits per heavy atom. The average molecular weight is 350 g/mol. The van der Waals surface area contributed by atoms with Crippen molar-refractivity contribution in [1.82, 2.24) is 4.90 Å². The molecule has 1 aromatic heterocycles. The molecule has 0 fully saturated rings. The van der Waals surface area contributed by atoms with Gasteiger partial charge in [0.15, 0.2) is 0 Å². The summed E-state index contributed by atoms with van der Waals surface area (Å²) < 4.78 is 5.70. The van der Waals surface area contributed by atoms with Gasteiger partial charge >= 0.3 is 5.97 Å². The molecule has 1 aliphatic carbocycles. The Labute approximate surface area is 150 Å². The van der Waals surface area contributed by atoms with Crippen LogP contribution in [0.5, 0.6) is 0 Å². The summed E-state index contributed by atoms with van der Waals surface area (Å²) in [5.41, 5.74) is 0. The molecule has 0 radical (unpaired) electrons. The monoisotopic (exact) mass is 349 g/mol. The molecule has 0 amide bonds. The van der Waals surface area contributed by atoms with E-state index < -0.39 is 0 Å². The smallest absolute Gasteiger partial charge is 0.314 e. The van der Waals surface area contributed by atoms with Crippen molar-refractivity contribution in [2.75, 3.05) is 13.2 Å². The van der Waals surface area contributed by atoms with Gasteiger partial charge in [0.05, 0.1) is 5.92 Å². The molecule has 0 spiro atoms. The van der Waals surface area contributed by atoms with Crippen molar-refractivity contribution >= 4 is 17.3 Å². The number of rotatable bonds is 8. The van der Waals surface area contributed by atoms with E-state index in [4.69, 9.17) is 4.74 Å². The number of allylic oxidation sites excluding steroid dienone is 2. The van der Waals surface area contributed by atoms with E-state index in [1.54, 1.807) is 11.3 Å². The van der Waals surface area contributed by atoms with Crippen molar-refractivity contribution < 1.29 is 9.53 Å². The van der Waals surface area contributed by atoms with Gasteiger partial charge in [0.1, 0.15) is 6.61 Å². The zero-order valence-electron chi connectivity index (χ0n) is 15.4. The summed E-state index contributed by atoms with van der Waals surface area (Å²) in [7, 11) is 0. The lowest BCUT2D eigenvalue weighted by molar-refractivity contribution is -0.147. The molecule has 0 saturated heterocycles. The van der Waals surface area contributed by atoms with E-state index in [-0.39, 0.29) is 17.8 Å². The van der Waals surface area contributed by atoms with Crippen LogP contribution in [0, 0.1) is 5.92 Å². The Balaban J connectivity index is 1.98. The quantitative estimate of drug-likeness (QED) is 0.496. The minimum absolute atomic E-state index is 0.0681. The highest BCUT2D eigenvalue weighted by atomic mass is 32.1. The molecule has 4 heteroatoms. The fraction of sp³-hybridized carbons (Fsp3) is 0.650.